The zero-order valence-corrected chi connectivity index (χ0v) is 9.38. The van der Waals surface area contributed by atoms with E-state index >= 15 is 0 Å². The summed E-state index contributed by atoms with van der Waals surface area (Å²) in [5, 5.41) is 8.98. The van der Waals surface area contributed by atoms with Crippen molar-refractivity contribution in [3.8, 4) is 0 Å². The molecule has 0 fully saturated rings. The number of aliphatic hydroxyl groups is 1. The summed E-state index contributed by atoms with van der Waals surface area (Å²) in [6.45, 7) is 1.46. The molecule has 0 spiro atoms. The molecule has 0 bridgehead atoms. The topological polar surface area (TPSA) is 46.2 Å². The van der Waals surface area contributed by atoms with Crippen LogP contribution in [-0.2, 0) is 5.54 Å². The van der Waals surface area contributed by atoms with Gasteiger partial charge in [-0.25, -0.2) is 4.39 Å². The average Bonchev–Trinajstić information content (AvgIpc) is 2.02. The number of nitrogens with two attached hydrogens (primary N) is 1. The zero-order valence-electron chi connectivity index (χ0n) is 7.22. The number of rotatable bonds is 2. The molecule has 1 aromatic carbocycles. The molecule has 0 saturated carbocycles. The molecule has 72 valence electrons. The molecule has 0 radical (unpaired) electrons. The van der Waals surface area contributed by atoms with Gasteiger partial charge in [0.2, 0.25) is 0 Å². The van der Waals surface area contributed by atoms with Crippen LogP contribution in [0.4, 0.5) is 4.39 Å². The Bertz CT molecular complexity index is 294. The van der Waals surface area contributed by atoms with Crippen LogP contribution in [0, 0.1) is 9.39 Å². The van der Waals surface area contributed by atoms with Crippen molar-refractivity contribution < 1.29 is 9.50 Å². The van der Waals surface area contributed by atoms with Gasteiger partial charge >= 0.3 is 0 Å². The summed E-state index contributed by atoms with van der Waals surface area (Å²) in [6, 6.07) is 4.52. The predicted octanol–water partition coefficient (Wildman–Crippen LogP) is 1.60. The molecule has 1 aromatic rings. The van der Waals surface area contributed by atoms with E-state index in [0.29, 0.717) is 5.56 Å². The molecule has 0 amide bonds. The number of benzene rings is 1. The quantitative estimate of drug-likeness (QED) is 0.814. The minimum atomic E-state index is -0.873. The second-order valence-electron chi connectivity index (χ2n) is 3.23. The lowest BCUT2D eigenvalue weighted by Crippen LogP contribution is -2.37. The van der Waals surface area contributed by atoms with Crippen molar-refractivity contribution in [1.82, 2.24) is 0 Å². The van der Waals surface area contributed by atoms with E-state index < -0.39 is 5.54 Å². The van der Waals surface area contributed by atoms with Crippen molar-refractivity contribution >= 4 is 22.6 Å². The van der Waals surface area contributed by atoms with Gasteiger partial charge in [0.1, 0.15) is 5.82 Å². The van der Waals surface area contributed by atoms with E-state index in [1.54, 1.807) is 13.0 Å². The molecule has 0 aliphatic rings. The van der Waals surface area contributed by atoms with E-state index in [0.717, 1.165) is 3.57 Å². The van der Waals surface area contributed by atoms with Crippen LogP contribution in [0.3, 0.4) is 0 Å². The van der Waals surface area contributed by atoms with Crippen molar-refractivity contribution in [2.75, 3.05) is 6.61 Å². The first kappa shape index (κ1) is 10.9. The van der Waals surface area contributed by atoms with Gasteiger partial charge in [0.15, 0.2) is 0 Å². The maximum absolute atomic E-state index is 13.0. The van der Waals surface area contributed by atoms with Crippen LogP contribution in [0.5, 0.6) is 0 Å². The van der Waals surface area contributed by atoms with E-state index in [4.69, 9.17) is 10.8 Å². The minimum Gasteiger partial charge on any atom is -0.394 e. The SMILES string of the molecule is C[C@](N)(CO)c1cc(F)cc(I)c1. The molecule has 4 heteroatoms. The Labute approximate surface area is 90.1 Å². The van der Waals surface area contributed by atoms with Crippen LogP contribution in [0.15, 0.2) is 18.2 Å². The Morgan fingerprint density at radius 2 is 2.15 bits per heavy atom. The van der Waals surface area contributed by atoms with Gasteiger partial charge in [-0.3, -0.25) is 0 Å². The third-order valence-electron chi connectivity index (χ3n) is 1.85. The van der Waals surface area contributed by atoms with E-state index in [9.17, 15) is 4.39 Å². The summed E-state index contributed by atoms with van der Waals surface area (Å²) >= 11 is 2.01. The Morgan fingerprint density at radius 1 is 1.54 bits per heavy atom. The van der Waals surface area contributed by atoms with Gasteiger partial charge in [-0.15, -0.1) is 0 Å². The lowest BCUT2D eigenvalue weighted by atomic mass is 9.94. The molecule has 13 heavy (non-hydrogen) atoms. The molecule has 0 aliphatic heterocycles. The molecule has 0 unspecified atom stereocenters. The van der Waals surface area contributed by atoms with Gasteiger partial charge < -0.3 is 10.8 Å². The minimum absolute atomic E-state index is 0.202. The summed E-state index contributed by atoms with van der Waals surface area (Å²) in [5.41, 5.74) is 5.49. The van der Waals surface area contributed by atoms with Gasteiger partial charge in [0.05, 0.1) is 12.1 Å². The van der Waals surface area contributed by atoms with Crippen molar-refractivity contribution in [1.29, 1.82) is 0 Å². The van der Waals surface area contributed by atoms with Gasteiger partial charge in [-0.1, -0.05) is 0 Å². The molecular formula is C9H11FINO. The highest BCUT2D eigenvalue weighted by molar-refractivity contribution is 14.1. The Balaban J connectivity index is 3.15. The Hall–Kier alpha value is -0.200. The average molecular weight is 295 g/mol. The van der Waals surface area contributed by atoms with Gasteiger partial charge in [0.25, 0.3) is 0 Å². The normalized spacial score (nSPS) is 15.5. The third kappa shape index (κ3) is 2.62. The van der Waals surface area contributed by atoms with Crippen molar-refractivity contribution in [3.05, 3.63) is 33.1 Å². The lowest BCUT2D eigenvalue weighted by molar-refractivity contribution is 0.209. The predicted molar refractivity (Wildman–Crippen MR) is 57.7 cm³/mol. The summed E-state index contributed by atoms with van der Waals surface area (Å²) in [6.07, 6.45) is 0. The van der Waals surface area contributed by atoms with Crippen LogP contribution in [-0.4, -0.2) is 11.7 Å². The van der Waals surface area contributed by atoms with Gasteiger partial charge in [-0.2, -0.15) is 0 Å². The first-order valence-corrected chi connectivity index (χ1v) is 4.90. The highest BCUT2D eigenvalue weighted by atomic mass is 127. The Kier molecular flexibility index (Phi) is 3.26. The molecule has 0 saturated heterocycles. The Morgan fingerprint density at radius 3 is 2.62 bits per heavy atom. The standard InChI is InChI=1S/C9H11FINO/c1-9(12,5-13)6-2-7(10)4-8(11)3-6/h2-4,13H,5,12H2,1H3/t9-/m0/s1. The van der Waals surface area contributed by atoms with Crippen LogP contribution >= 0.6 is 22.6 Å². The summed E-state index contributed by atoms with van der Waals surface area (Å²) in [7, 11) is 0. The fourth-order valence-electron chi connectivity index (χ4n) is 0.975. The largest absolute Gasteiger partial charge is 0.394 e. The maximum Gasteiger partial charge on any atom is 0.124 e. The van der Waals surface area contributed by atoms with E-state index in [-0.39, 0.29) is 12.4 Å². The molecule has 3 N–H and O–H groups in total. The highest BCUT2D eigenvalue weighted by Gasteiger charge is 2.20. The molecule has 0 aromatic heterocycles. The van der Waals surface area contributed by atoms with Gasteiger partial charge in [-0.05, 0) is 53.3 Å². The number of hydrogen-bond acceptors (Lipinski definition) is 2. The van der Waals surface area contributed by atoms with Crippen LogP contribution in [0.25, 0.3) is 0 Å². The summed E-state index contributed by atoms with van der Waals surface area (Å²) < 4.78 is 13.7. The van der Waals surface area contributed by atoms with E-state index in [2.05, 4.69) is 0 Å². The molecular weight excluding hydrogens is 284 g/mol. The zero-order chi connectivity index (χ0) is 10.1. The lowest BCUT2D eigenvalue weighted by Gasteiger charge is -2.22. The van der Waals surface area contributed by atoms with Crippen LogP contribution in [0.1, 0.15) is 12.5 Å². The van der Waals surface area contributed by atoms with Crippen LogP contribution < -0.4 is 5.73 Å². The molecule has 0 aliphatic carbocycles. The molecule has 2 nitrogen and oxygen atoms in total. The number of aliphatic hydroxyl groups excluding tert-OH is 1. The summed E-state index contributed by atoms with van der Waals surface area (Å²) in [5.74, 6) is -0.327. The second kappa shape index (κ2) is 3.89. The van der Waals surface area contributed by atoms with Crippen molar-refractivity contribution in [2.45, 2.75) is 12.5 Å². The fraction of sp³-hybridized carbons (Fsp3) is 0.333. The first-order chi connectivity index (χ1) is 5.95. The molecule has 1 atom stereocenters. The maximum atomic E-state index is 13.0. The smallest absolute Gasteiger partial charge is 0.124 e. The highest BCUT2D eigenvalue weighted by Crippen LogP contribution is 2.20. The van der Waals surface area contributed by atoms with Crippen LogP contribution in [0.2, 0.25) is 0 Å². The monoisotopic (exact) mass is 295 g/mol. The molecule has 1 rings (SSSR count). The first-order valence-electron chi connectivity index (χ1n) is 3.82. The number of halogens is 2. The van der Waals surface area contributed by atoms with E-state index in [1.807, 2.05) is 22.6 Å². The van der Waals surface area contributed by atoms with Crippen molar-refractivity contribution in [2.24, 2.45) is 5.73 Å². The third-order valence-corrected chi connectivity index (χ3v) is 2.47. The van der Waals surface area contributed by atoms with Gasteiger partial charge in [0, 0.05) is 3.57 Å². The molecule has 0 heterocycles. The van der Waals surface area contributed by atoms with Crippen molar-refractivity contribution in [3.63, 3.8) is 0 Å². The number of hydrogen-bond donors (Lipinski definition) is 2. The fourth-order valence-corrected chi connectivity index (χ4v) is 1.61. The van der Waals surface area contributed by atoms with E-state index in [1.165, 1.54) is 12.1 Å². The second-order valence-corrected chi connectivity index (χ2v) is 4.48. The summed E-state index contributed by atoms with van der Waals surface area (Å²) in [4.78, 5) is 0.